The van der Waals surface area contributed by atoms with Gasteiger partial charge in [0.05, 0.1) is 7.11 Å². The number of fused-ring (bicyclic) bond motifs is 1. The lowest BCUT2D eigenvalue weighted by atomic mass is 10.1. The van der Waals surface area contributed by atoms with E-state index in [9.17, 15) is 9.59 Å². The molecule has 0 bridgehead atoms. The third-order valence-corrected chi connectivity index (χ3v) is 3.01. The van der Waals surface area contributed by atoms with E-state index in [-0.39, 0.29) is 5.97 Å². The van der Waals surface area contributed by atoms with Crippen LogP contribution in [-0.2, 0) is 16.0 Å². The van der Waals surface area contributed by atoms with E-state index in [0.717, 1.165) is 10.0 Å². The molecular formula is C11H10BrNO4. The van der Waals surface area contributed by atoms with Crippen LogP contribution in [0.4, 0.5) is 0 Å². The Morgan fingerprint density at radius 2 is 2.29 bits per heavy atom. The smallest absolute Gasteiger partial charge is 0.417 e. The maximum absolute atomic E-state index is 11.0. The zero-order valence-corrected chi connectivity index (χ0v) is 10.7. The van der Waals surface area contributed by atoms with Crippen molar-refractivity contribution < 1.29 is 13.9 Å². The molecule has 2 rings (SSSR count). The van der Waals surface area contributed by atoms with Crippen LogP contribution in [0.2, 0.25) is 0 Å². The average Bonchev–Trinajstić information content (AvgIpc) is 2.67. The molecular weight excluding hydrogens is 290 g/mol. The first-order valence-electron chi connectivity index (χ1n) is 4.98. The summed E-state index contributed by atoms with van der Waals surface area (Å²) in [5.74, 6) is -0.762. The summed E-state index contributed by atoms with van der Waals surface area (Å²) in [6, 6.07) is 3.58. The van der Waals surface area contributed by atoms with Crippen molar-refractivity contribution in [2.24, 2.45) is 0 Å². The van der Waals surface area contributed by atoms with Gasteiger partial charge in [0.15, 0.2) is 5.58 Å². The largest absolute Gasteiger partial charge is 0.469 e. The molecule has 5 nitrogen and oxygen atoms in total. The highest BCUT2D eigenvalue weighted by molar-refractivity contribution is 9.10. The van der Waals surface area contributed by atoms with Gasteiger partial charge in [0.2, 0.25) is 0 Å². The van der Waals surface area contributed by atoms with Gasteiger partial charge < -0.3 is 9.15 Å². The summed E-state index contributed by atoms with van der Waals surface area (Å²) in [5.41, 5.74) is 2.00. The average molecular weight is 300 g/mol. The number of carbonyl (C=O) groups excluding carboxylic acids is 1. The van der Waals surface area contributed by atoms with Crippen LogP contribution in [0.5, 0.6) is 0 Å². The SMILES string of the molecule is COC(=O)CCc1cc(Br)c2[nH]c(=O)oc2c1. The normalized spacial score (nSPS) is 10.7. The van der Waals surface area contributed by atoms with Crippen molar-refractivity contribution in [2.75, 3.05) is 7.11 Å². The van der Waals surface area contributed by atoms with Crippen molar-refractivity contribution in [2.45, 2.75) is 12.8 Å². The summed E-state index contributed by atoms with van der Waals surface area (Å²) < 4.78 is 10.3. The summed E-state index contributed by atoms with van der Waals surface area (Å²) in [6.45, 7) is 0. The summed E-state index contributed by atoms with van der Waals surface area (Å²) >= 11 is 3.34. The maximum atomic E-state index is 11.0. The Hall–Kier alpha value is -1.56. The standard InChI is InChI=1S/C11H10BrNO4/c1-16-9(14)3-2-6-4-7(12)10-8(5-6)17-11(15)13-10/h4-5H,2-3H2,1H3,(H,13,15). The molecule has 0 saturated carbocycles. The molecule has 1 aromatic heterocycles. The fraction of sp³-hybridized carbons (Fsp3) is 0.273. The number of methoxy groups -OCH3 is 1. The van der Waals surface area contributed by atoms with Gasteiger partial charge in [-0.2, -0.15) is 0 Å². The van der Waals surface area contributed by atoms with E-state index in [1.807, 2.05) is 6.07 Å². The van der Waals surface area contributed by atoms with Crippen LogP contribution in [0.3, 0.4) is 0 Å². The van der Waals surface area contributed by atoms with Gasteiger partial charge in [-0.1, -0.05) is 0 Å². The number of aryl methyl sites for hydroxylation is 1. The summed E-state index contributed by atoms with van der Waals surface area (Å²) in [7, 11) is 1.35. The van der Waals surface area contributed by atoms with Gasteiger partial charge in [0, 0.05) is 10.9 Å². The highest BCUT2D eigenvalue weighted by Crippen LogP contribution is 2.24. The van der Waals surface area contributed by atoms with E-state index < -0.39 is 5.76 Å². The van der Waals surface area contributed by atoms with Gasteiger partial charge in [-0.25, -0.2) is 4.79 Å². The number of halogens is 1. The number of oxazole rings is 1. The molecule has 0 aliphatic carbocycles. The second kappa shape index (κ2) is 4.75. The Labute approximate surface area is 105 Å². The fourth-order valence-corrected chi connectivity index (χ4v) is 2.15. The summed E-state index contributed by atoms with van der Waals surface area (Å²) in [6.07, 6.45) is 0.833. The van der Waals surface area contributed by atoms with Crippen molar-refractivity contribution >= 4 is 33.0 Å². The number of hydrogen-bond donors (Lipinski definition) is 1. The van der Waals surface area contributed by atoms with Gasteiger partial charge in [-0.15, -0.1) is 0 Å². The molecule has 1 heterocycles. The highest BCUT2D eigenvalue weighted by Gasteiger charge is 2.09. The number of H-pyrrole nitrogens is 1. The number of ether oxygens (including phenoxy) is 1. The molecule has 0 atom stereocenters. The molecule has 90 valence electrons. The molecule has 0 spiro atoms. The van der Waals surface area contributed by atoms with Gasteiger partial charge in [-0.3, -0.25) is 9.78 Å². The van der Waals surface area contributed by atoms with Crippen LogP contribution >= 0.6 is 15.9 Å². The predicted octanol–water partition coefficient (Wildman–Crippen LogP) is 1.99. The second-order valence-electron chi connectivity index (χ2n) is 3.54. The molecule has 0 fully saturated rings. The molecule has 1 N–H and O–H groups in total. The quantitative estimate of drug-likeness (QED) is 0.880. The number of aromatic amines is 1. The first-order chi connectivity index (χ1) is 8.10. The minimum absolute atomic E-state index is 0.267. The van der Waals surface area contributed by atoms with Crippen LogP contribution in [0, 0.1) is 0 Å². The number of hydrogen-bond acceptors (Lipinski definition) is 4. The first-order valence-corrected chi connectivity index (χ1v) is 5.77. The molecule has 0 aliphatic heterocycles. The first kappa shape index (κ1) is 11.9. The molecule has 6 heteroatoms. The lowest BCUT2D eigenvalue weighted by Gasteiger charge is -2.01. The Bertz CT molecular complexity index is 613. The molecule has 0 saturated heterocycles. The Morgan fingerprint density at radius 3 is 3.00 bits per heavy atom. The summed E-state index contributed by atoms with van der Waals surface area (Å²) in [4.78, 5) is 24.6. The van der Waals surface area contributed by atoms with Crippen molar-refractivity contribution in [3.05, 3.63) is 32.7 Å². The van der Waals surface area contributed by atoms with E-state index in [2.05, 4.69) is 25.7 Å². The van der Waals surface area contributed by atoms with E-state index in [0.29, 0.717) is 23.9 Å². The van der Waals surface area contributed by atoms with Gasteiger partial charge in [0.25, 0.3) is 0 Å². The molecule has 0 aliphatic rings. The molecule has 17 heavy (non-hydrogen) atoms. The number of carbonyl (C=O) groups is 1. The van der Waals surface area contributed by atoms with E-state index in [1.165, 1.54) is 7.11 Å². The molecule has 0 amide bonds. The van der Waals surface area contributed by atoms with Gasteiger partial charge in [-0.05, 0) is 40.0 Å². The topological polar surface area (TPSA) is 72.3 Å². The van der Waals surface area contributed by atoms with Gasteiger partial charge >= 0.3 is 11.7 Å². The maximum Gasteiger partial charge on any atom is 0.417 e. The molecule has 1 aromatic carbocycles. The number of nitrogens with one attached hydrogen (secondary N) is 1. The zero-order valence-electron chi connectivity index (χ0n) is 9.08. The highest BCUT2D eigenvalue weighted by atomic mass is 79.9. The van der Waals surface area contributed by atoms with Crippen LogP contribution in [0.15, 0.2) is 25.8 Å². The Kier molecular flexibility index (Phi) is 3.33. The molecule has 0 radical (unpaired) electrons. The van der Waals surface area contributed by atoms with E-state index >= 15 is 0 Å². The van der Waals surface area contributed by atoms with Crippen LogP contribution in [0.1, 0.15) is 12.0 Å². The molecule has 2 aromatic rings. The fourth-order valence-electron chi connectivity index (χ4n) is 1.56. The third kappa shape index (κ3) is 2.58. The van der Waals surface area contributed by atoms with Crippen LogP contribution in [0.25, 0.3) is 11.1 Å². The van der Waals surface area contributed by atoms with Gasteiger partial charge in [0.1, 0.15) is 5.52 Å². The van der Waals surface area contributed by atoms with E-state index in [4.69, 9.17) is 4.42 Å². The lowest BCUT2D eigenvalue weighted by Crippen LogP contribution is -2.01. The third-order valence-electron chi connectivity index (χ3n) is 2.39. The monoisotopic (exact) mass is 299 g/mol. The zero-order chi connectivity index (χ0) is 12.4. The number of esters is 1. The van der Waals surface area contributed by atoms with Crippen LogP contribution < -0.4 is 5.76 Å². The number of rotatable bonds is 3. The lowest BCUT2D eigenvalue weighted by molar-refractivity contribution is -0.140. The predicted molar refractivity (Wildman–Crippen MR) is 64.9 cm³/mol. The van der Waals surface area contributed by atoms with Crippen molar-refractivity contribution in [1.82, 2.24) is 4.98 Å². The second-order valence-corrected chi connectivity index (χ2v) is 4.40. The minimum atomic E-state index is -0.495. The number of aromatic nitrogens is 1. The van der Waals surface area contributed by atoms with E-state index in [1.54, 1.807) is 6.07 Å². The van der Waals surface area contributed by atoms with Crippen molar-refractivity contribution in [3.63, 3.8) is 0 Å². The molecule has 0 unspecified atom stereocenters. The van der Waals surface area contributed by atoms with Crippen molar-refractivity contribution in [1.29, 1.82) is 0 Å². The Balaban J connectivity index is 2.30. The van der Waals surface area contributed by atoms with Crippen molar-refractivity contribution in [3.8, 4) is 0 Å². The van der Waals surface area contributed by atoms with Crippen LogP contribution in [-0.4, -0.2) is 18.1 Å². The summed E-state index contributed by atoms with van der Waals surface area (Å²) in [5, 5.41) is 0. The Morgan fingerprint density at radius 1 is 1.53 bits per heavy atom. The minimum Gasteiger partial charge on any atom is -0.469 e. The number of benzene rings is 1.